The number of aromatic nitrogens is 2. The number of hydrogen-bond donors (Lipinski definition) is 2. The van der Waals surface area contributed by atoms with E-state index < -0.39 is 0 Å². The maximum absolute atomic E-state index is 5.75. The minimum atomic E-state index is 0.307. The Kier molecular flexibility index (Phi) is 4.48. The zero-order valence-corrected chi connectivity index (χ0v) is 13.2. The number of H-pyrrole nitrogens is 1. The third-order valence-corrected chi connectivity index (χ3v) is 4.23. The van der Waals surface area contributed by atoms with Crippen LogP contribution in [0.3, 0.4) is 0 Å². The lowest BCUT2D eigenvalue weighted by atomic mass is 9.76. The van der Waals surface area contributed by atoms with E-state index in [9.17, 15) is 0 Å². The van der Waals surface area contributed by atoms with Gasteiger partial charge in [-0.3, -0.25) is 0 Å². The predicted molar refractivity (Wildman–Crippen MR) is 85.8 cm³/mol. The summed E-state index contributed by atoms with van der Waals surface area (Å²) in [5.41, 5.74) is 9.54. The van der Waals surface area contributed by atoms with Crippen molar-refractivity contribution in [3.63, 3.8) is 0 Å². The summed E-state index contributed by atoms with van der Waals surface area (Å²) in [6, 6.07) is 6.28. The SMILES string of the molecule is Cc1cccc2[nH]c(CCC(CCN)C(C)(C)C)nc12. The van der Waals surface area contributed by atoms with E-state index in [4.69, 9.17) is 10.7 Å². The molecule has 1 aromatic carbocycles. The van der Waals surface area contributed by atoms with Gasteiger partial charge in [-0.15, -0.1) is 0 Å². The number of nitrogens with zero attached hydrogens (tertiary/aromatic N) is 1. The molecule has 0 spiro atoms. The molecule has 3 heteroatoms. The Morgan fingerprint density at radius 3 is 2.60 bits per heavy atom. The Morgan fingerprint density at radius 1 is 1.25 bits per heavy atom. The van der Waals surface area contributed by atoms with Crippen LogP contribution in [0.25, 0.3) is 11.0 Å². The van der Waals surface area contributed by atoms with E-state index in [0.29, 0.717) is 11.3 Å². The number of hydrogen-bond acceptors (Lipinski definition) is 2. The molecular formula is C17H27N3. The molecule has 110 valence electrons. The Morgan fingerprint density at radius 2 is 2.00 bits per heavy atom. The van der Waals surface area contributed by atoms with Crippen molar-refractivity contribution in [1.29, 1.82) is 0 Å². The second-order valence-corrected chi connectivity index (χ2v) is 6.83. The largest absolute Gasteiger partial charge is 0.342 e. The van der Waals surface area contributed by atoms with Crippen LogP contribution in [0.1, 0.15) is 45.0 Å². The number of aromatic amines is 1. The van der Waals surface area contributed by atoms with Gasteiger partial charge < -0.3 is 10.7 Å². The number of nitrogens with two attached hydrogens (primary N) is 1. The summed E-state index contributed by atoms with van der Waals surface area (Å²) in [5, 5.41) is 0. The highest BCUT2D eigenvalue weighted by Crippen LogP contribution is 2.32. The number of imidazole rings is 1. The molecule has 0 aliphatic heterocycles. The van der Waals surface area contributed by atoms with Crippen molar-refractivity contribution >= 4 is 11.0 Å². The highest BCUT2D eigenvalue weighted by atomic mass is 14.9. The van der Waals surface area contributed by atoms with Gasteiger partial charge in [0.15, 0.2) is 0 Å². The van der Waals surface area contributed by atoms with Crippen LogP contribution in [0.5, 0.6) is 0 Å². The number of aryl methyl sites for hydroxylation is 2. The number of benzene rings is 1. The molecule has 3 N–H and O–H groups in total. The molecular weight excluding hydrogens is 246 g/mol. The Hall–Kier alpha value is -1.35. The fourth-order valence-corrected chi connectivity index (χ4v) is 2.87. The Labute approximate surface area is 122 Å². The van der Waals surface area contributed by atoms with Crippen LogP contribution in [0, 0.1) is 18.3 Å². The smallest absolute Gasteiger partial charge is 0.107 e. The lowest BCUT2D eigenvalue weighted by Gasteiger charge is -2.30. The molecule has 2 aromatic rings. The lowest BCUT2D eigenvalue weighted by molar-refractivity contribution is 0.214. The van der Waals surface area contributed by atoms with Crippen molar-refractivity contribution in [2.45, 2.75) is 47.0 Å². The molecule has 2 rings (SSSR count). The molecule has 0 saturated carbocycles. The number of nitrogens with one attached hydrogen (secondary N) is 1. The maximum Gasteiger partial charge on any atom is 0.107 e. The van der Waals surface area contributed by atoms with Crippen LogP contribution in [0.4, 0.5) is 0 Å². The molecule has 1 unspecified atom stereocenters. The van der Waals surface area contributed by atoms with E-state index in [1.807, 2.05) is 0 Å². The van der Waals surface area contributed by atoms with Gasteiger partial charge in [-0.2, -0.15) is 0 Å². The molecule has 3 nitrogen and oxygen atoms in total. The zero-order chi connectivity index (χ0) is 14.8. The van der Waals surface area contributed by atoms with Crippen LogP contribution >= 0.6 is 0 Å². The summed E-state index contributed by atoms with van der Waals surface area (Å²) >= 11 is 0. The van der Waals surface area contributed by atoms with Gasteiger partial charge in [0.05, 0.1) is 11.0 Å². The first-order chi connectivity index (χ1) is 9.41. The second-order valence-electron chi connectivity index (χ2n) is 6.83. The average Bonchev–Trinajstić information content (AvgIpc) is 2.77. The Bertz CT molecular complexity index is 563. The normalized spacial score (nSPS) is 13.8. The first kappa shape index (κ1) is 15.0. The van der Waals surface area contributed by atoms with Crippen LogP contribution < -0.4 is 5.73 Å². The van der Waals surface area contributed by atoms with E-state index >= 15 is 0 Å². The van der Waals surface area contributed by atoms with Crippen molar-refractivity contribution in [2.24, 2.45) is 17.1 Å². The number of para-hydroxylation sites is 1. The molecule has 1 atom stereocenters. The van der Waals surface area contributed by atoms with Crippen LogP contribution in [0.2, 0.25) is 0 Å². The third-order valence-electron chi connectivity index (χ3n) is 4.23. The maximum atomic E-state index is 5.75. The van der Waals surface area contributed by atoms with Gasteiger partial charge in [-0.05, 0) is 49.3 Å². The number of rotatable bonds is 5. The topological polar surface area (TPSA) is 54.7 Å². The molecule has 0 radical (unpaired) electrons. The monoisotopic (exact) mass is 273 g/mol. The van der Waals surface area contributed by atoms with E-state index in [1.54, 1.807) is 0 Å². The fraction of sp³-hybridized carbons (Fsp3) is 0.588. The van der Waals surface area contributed by atoms with Gasteiger partial charge in [0, 0.05) is 6.42 Å². The van der Waals surface area contributed by atoms with Gasteiger partial charge >= 0.3 is 0 Å². The molecule has 20 heavy (non-hydrogen) atoms. The Balaban J connectivity index is 2.10. The van der Waals surface area contributed by atoms with Crippen LogP contribution in [-0.2, 0) is 6.42 Å². The molecule has 0 aliphatic carbocycles. The third kappa shape index (κ3) is 3.40. The summed E-state index contributed by atoms with van der Waals surface area (Å²) in [6.45, 7) is 9.78. The molecule has 0 aliphatic rings. The quantitative estimate of drug-likeness (QED) is 0.870. The van der Waals surface area contributed by atoms with Crippen molar-refractivity contribution in [3.8, 4) is 0 Å². The van der Waals surface area contributed by atoms with Crippen molar-refractivity contribution in [1.82, 2.24) is 9.97 Å². The van der Waals surface area contributed by atoms with Crippen molar-refractivity contribution in [2.75, 3.05) is 6.54 Å². The van der Waals surface area contributed by atoms with Gasteiger partial charge in [-0.25, -0.2) is 4.98 Å². The first-order valence-corrected chi connectivity index (χ1v) is 7.56. The average molecular weight is 273 g/mol. The summed E-state index contributed by atoms with van der Waals surface area (Å²) in [4.78, 5) is 8.18. The molecule has 0 amide bonds. The fourth-order valence-electron chi connectivity index (χ4n) is 2.87. The van der Waals surface area contributed by atoms with Gasteiger partial charge in [0.25, 0.3) is 0 Å². The summed E-state index contributed by atoms with van der Waals surface area (Å²) in [6.07, 6.45) is 3.22. The summed E-state index contributed by atoms with van der Waals surface area (Å²) in [5.74, 6) is 1.74. The molecule has 0 fully saturated rings. The van der Waals surface area contributed by atoms with E-state index in [-0.39, 0.29) is 0 Å². The summed E-state index contributed by atoms with van der Waals surface area (Å²) < 4.78 is 0. The minimum absolute atomic E-state index is 0.307. The second kappa shape index (κ2) is 5.96. The molecule has 0 saturated heterocycles. The van der Waals surface area contributed by atoms with E-state index in [1.165, 1.54) is 5.56 Å². The predicted octanol–water partition coefficient (Wildman–Crippen LogP) is 3.82. The van der Waals surface area contributed by atoms with Gasteiger partial charge in [0.2, 0.25) is 0 Å². The first-order valence-electron chi connectivity index (χ1n) is 7.56. The van der Waals surface area contributed by atoms with E-state index in [0.717, 1.165) is 42.7 Å². The van der Waals surface area contributed by atoms with Gasteiger partial charge in [-0.1, -0.05) is 32.9 Å². The van der Waals surface area contributed by atoms with Crippen LogP contribution in [0.15, 0.2) is 18.2 Å². The van der Waals surface area contributed by atoms with E-state index in [2.05, 4.69) is 50.9 Å². The zero-order valence-electron chi connectivity index (χ0n) is 13.2. The van der Waals surface area contributed by atoms with Crippen LogP contribution in [-0.4, -0.2) is 16.5 Å². The highest BCUT2D eigenvalue weighted by molar-refractivity contribution is 5.78. The van der Waals surface area contributed by atoms with Crippen molar-refractivity contribution < 1.29 is 0 Å². The minimum Gasteiger partial charge on any atom is -0.342 e. The molecule has 1 heterocycles. The highest BCUT2D eigenvalue weighted by Gasteiger charge is 2.23. The summed E-state index contributed by atoms with van der Waals surface area (Å²) in [7, 11) is 0. The molecule has 1 aromatic heterocycles. The lowest BCUT2D eigenvalue weighted by Crippen LogP contribution is -2.24. The van der Waals surface area contributed by atoms with Crippen molar-refractivity contribution in [3.05, 3.63) is 29.6 Å². The van der Waals surface area contributed by atoms with Gasteiger partial charge in [0.1, 0.15) is 5.82 Å². The molecule has 0 bridgehead atoms. The standard InChI is InChI=1S/C17H27N3/c1-12-6-5-7-14-16(12)20-15(19-14)9-8-13(10-11-18)17(2,3)4/h5-7,13H,8-11,18H2,1-4H3,(H,19,20). The number of fused-ring (bicyclic) bond motifs is 1.